The van der Waals surface area contributed by atoms with E-state index in [0.717, 1.165) is 49.5 Å². The average Bonchev–Trinajstić information content (AvgIpc) is 3.32. The number of benzene rings is 1. The van der Waals surface area contributed by atoms with Gasteiger partial charge >= 0.3 is 6.03 Å². The number of carbonyl (C=O) groups excluding carboxylic acids is 3. The van der Waals surface area contributed by atoms with Crippen LogP contribution in [0.25, 0.3) is 0 Å². The fourth-order valence-corrected chi connectivity index (χ4v) is 4.41. The summed E-state index contributed by atoms with van der Waals surface area (Å²) in [7, 11) is 0. The molecule has 3 fully saturated rings. The number of piperazine rings is 1. The Labute approximate surface area is 177 Å². The van der Waals surface area contributed by atoms with Crippen molar-refractivity contribution >= 4 is 17.8 Å². The third kappa shape index (κ3) is 4.06. The van der Waals surface area contributed by atoms with E-state index in [-0.39, 0.29) is 18.4 Å². The lowest BCUT2D eigenvalue weighted by Gasteiger charge is -2.36. The topological polar surface area (TPSA) is 82.2 Å². The van der Waals surface area contributed by atoms with E-state index in [2.05, 4.69) is 10.2 Å². The van der Waals surface area contributed by atoms with Crippen LogP contribution in [0.5, 0.6) is 0 Å². The number of nitrogens with one attached hydrogen (secondary N) is 1. The molecule has 4 rings (SSSR count). The molecule has 0 saturated carbocycles. The molecule has 2 atom stereocenters. The summed E-state index contributed by atoms with van der Waals surface area (Å²) < 4.78 is 5.69. The maximum absolute atomic E-state index is 13.0. The van der Waals surface area contributed by atoms with Crippen LogP contribution in [0, 0.1) is 6.92 Å². The van der Waals surface area contributed by atoms with Crippen LogP contribution in [0.3, 0.4) is 0 Å². The number of hydrogen-bond donors (Lipinski definition) is 1. The summed E-state index contributed by atoms with van der Waals surface area (Å²) in [4.78, 5) is 43.4. The normalized spacial score (nSPS) is 27.6. The van der Waals surface area contributed by atoms with Crippen molar-refractivity contribution < 1.29 is 19.1 Å². The van der Waals surface area contributed by atoms with Crippen molar-refractivity contribution in [3.8, 4) is 0 Å². The molecule has 0 spiro atoms. The number of urea groups is 1. The van der Waals surface area contributed by atoms with Crippen LogP contribution >= 0.6 is 0 Å². The van der Waals surface area contributed by atoms with Gasteiger partial charge in [0.25, 0.3) is 5.91 Å². The first kappa shape index (κ1) is 20.8. The molecule has 1 aromatic carbocycles. The summed E-state index contributed by atoms with van der Waals surface area (Å²) in [5, 5.41) is 2.77. The minimum atomic E-state index is -1.15. The summed E-state index contributed by atoms with van der Waals surface area (Å²) in [5.74, 6) is -0.579. The van der Waals surface area contributed by atoms with E-state index in [0.29, 0.717) is 24.8 Å². The summed E-state index contributed by atoms with van der Waals surface area (Å²) in [6, 6.07) is 6.97. The molecule has 0 aliphatic carbocycles. The fourth-order valence-electron chi connectivity index (χ4n) is 4.41. The van der Waals surface area contributed by atoms with Gasteiger partial charge in [0.15, 0.2) is 0 Å². The summed E-state index contributed by atoms with van der Waals surface area (Å²) in [5.41, 5.74) is 0.638. The second kappa shape index (κ2) is 8.35. The molecule has 3 saturated heterocycles. The van der Waals surface area contributed by atoms with Crippen molar-refractivity contribution in [2.24, 2.45) is 0 Å². The van der Waals surface area contributed by atoms with Crippen LogP contribution in [0.1, 0.15) is 30.9 Å². The van der Waals surface area contributed by atoms with E-state index in [1.165, 1.54) is 0 Å². The van der Waals surface area contributed by atoms with Crippen molar-refractivity contribution in [1.29, 1.82) is 0 Å². The van der Waals surface area contributed by atoms with E-state index >= 15 is 0 Å². The van der Waals surface area contributed by atoms with E-state index in [1.54, 1.807) is 11.8 Å². The van der Waals surface area contributed by atoms with Gasteiger partial charge in [-0.05, 0) is 32.3 Å². The molecule has 1 aromatic rings. The highest BCUT2D eigenvalue weighted by molar-refractivity contribution is 6.09. The molecule has 3 aliphatic heterocycles. The second-order valence-corrected chi connectivity index (χ2v) is 8.63. The largest absolute Gasteiger partial charge is 0.377 e. The van der Waals surface area contributed by atoms with Gasteiger partial charge in [0.1, 0.15) is 12.1 Å². The highest BCUT2D eigenvalue weighted by Crippen LogP contribution is 2.29. The Morgan fingerprint density at radius 3 is 2.50 bits per heavy atom. The molecule has 3 heterocycles. The molecule has 0 radical (unpaired) electrons. The standard InChI is InChI=1S/C22H30N4O4/c1-16-5-7-17(8-6-16)22(2)20(28)26(21(29)23-22)15-19(27)25-11-9-24(10-12-25)14-18-4-3-13-30-18/h5-8,18H,3-4,9-15H2,1-2H3,(H,23,29). The first-order valence-corrected chi connectivity index (χ1v) is 10.7. The van der Waals surface area contributed by atoms with Crippen LogP contribution in [-0.2, 0) is 19.9 Å². The number of rotatable bonds is 5. The maximum atomic E-state index is 13.0. The Balaban J connectivity index is 1.33. The average molecular weight is 415 g/mol. The first-order chi connectivity index (χ1) is 14.4. The molecular formula is C22H30N4O4. The molecule has 30 heavy (non-hydrogen) atoms. The lowest BCUT2D eigenvalue weighted by atomic mass is 9.91. The predicted molar refractivity (Wildman–Crippen MR) is 111 cm³/mol. The molecule has 8 nitrogen and oxygen atoms in total. The van der Waals surface area contributed by atoms with Gasteiger partial charge in [-0.2, -0.15) is 0 Å². The van der Waals surface area contributed by atoms with Crippen LogP contribution in [-0.4, -0.2) is 84.5 Å². The Morgan fingerprint density at radius 1 is 1.17 bits per heavy atom. The number of aryl methyl sites for hydroxylation is 1. The fraction of sp³-hybridized carbons (Fsp3) is 0.591. The lowest BCUT2D eigenvalue weighted by Crippen LogP contribution is -2.53. The summed E-state index contributed by atoms with van der Waals surface area (Å²) >= 11 is 0. The smallest absolute Gasteiger partial charge is 0.325 e. The lowest BCUT2D eigenvalue weighted by molar-refractivity contribution is -0.140. The third-order valence-electron chi connectivity index (χ3n) is 6.41. The number of hydrogen-bond acceptors (Lipinski definition) is 5. The zero-order valence-corrected chi connectivity index (χ0v) is 17.7. The zero-order chi connectivity index (χ0) is 21.3. The molecule has 8 heteroatoms. The number of carbonyl (C=O) groups is 3. The molecule has 2 unspecified atom stereocenters. The van der Waals surface area contributed by atoms with Crippen molar-refractivity contribution in [3.63, 3.8) is 0 Å². The minimum Gasteiger partial charge on any atom is -0.377 e. The molecule has 0 aromatic heterocycles. The number of amides is 4. The second-order valence-electron chi connectivity index (χ2n) is 8.63. The molecule has 1 N–H and O–H groups in total. The Hall–Kier alpha value is -2.45. The summed E-state index contributed by atoms with van der Waals surface area (Å²) in [6.07, 6.45) is 2.53. The van der Waals surface area contributed by atoms with Crippen molar-refractivity contribution in [2.75, 3.05) is 45.9 Å². The SMILES string of the molecule is Cc1ccc(C2(C)NC(=O)N(CC(=O)N3CCN(CC4CCCO4)CC3)C2=O)cc1. The monoisotopic (exact) mass is 414 g/mol. The van der Waals surface area contributed by atoms with E-state index in [4.69, 9.17) is 4.74 Å². The van der Waals surface area contributed by atoms with Gasteiger partial charge in [-0.1, -0.05) is 29.8 Å². The van der Waals surface area contributed by atoms with Gasteiger partial charge in [-0.3, -0.25) is 19.4 Å². The Morgan fingerprint density at radius 2 is 1.87 bits per heavy atom. The van der Waals surface area contributed by atoms with Gasteiger partial charge in [0.05, 0.1) is 6.10 Å². The van der Waals surface area contributed by atoms with Crippen LogP contribution in [0.15, 0.2) is 24.3 Å². The minimum absolute atomic E-state index is 0.191. The van der Waals surface area contributed by atoms with E-state index in [9.17, 15) is 14.4 Å². The van der Waals surface area contributed by atoms with Crippen molar-refractivity contribution in [3.05, 3.63) is 35.4 Å². The Kier molecular flexibility index (Phi) is 5.79. The predicted octanol–water partition coefficient (Wildman–Crippen LogP) is 1.09. The van der Waals surface area contributed by atoms with Gasteiger partial charge in [0, 0.05) is 39.3 Å². The van der Waals surface area contributed by atoms with Gasteiger partial charge in [-0.25, -0.2) is 4.79 Å². The molecule has 3 aliphatic rings. The highest BCUT2D eigenvalue weighted by atomic mass is 16.5. The van der Waals surface area contributed by atoms with Crippen LogP contribution in [0.4, 0.5) is 4.79 Å². The van der Waals surface area contributed by atoms with Crippen LogP contribution < -0.4 is 5.32 Å². The van der Waals surface area contributed by atoms with E-state index in [1.807, 2.05) is 31.2 Å². The Bertz CT molecular complexity index is 813. The van der Waals surface area contributed by atoms with Gasteiger partial charge < -0.3 is 15.0 Å². The molecular weight excluding hydrogens is 384 g/mol. The molecule has 0 bridgehead atoms. The summed E-state index contributed by atoms with van der Waals surface area (Å²) in [6.45, 7) is 7.95. The molecule has 4 amide bonds. The number of nitrogens with zero attached hydrogens (tertiary/aromatic N) is 3. The van der Waals surface area contributed by atoms with E-state index < -0.39 is 11.6 Å². The highest BCUT2D eigenvalue weighted by Gasteiger charge is 2.49. The molecule has 162 valence electrons. The van der Waals surface area contributed by atoms with Crippen molar-refractivity contribution in [1.82, 2.24) is 20.0 Å². The van der Waals surface area contributed by atoms with Crippen LogP contribution in [0.2, 0.25) is 0 Å². The number of imide groups is 1. The quantitative estimate of drug-likeness (QED) is 0.730. The van der Waals surface area contributed by atoms with Gasteiger partial charge in [-0.15, -0.1) is 0 Å². The maximum Gasteiger partial charge on any atom is 0.325 e. The first-order valence-electron chi connectivity index (χ1n) is 10.7. The zero-order valence-electron chi connectivity index (χ0n) is 17.7. The van der Waals surface area contributed by atoms with Gasteiger partial charge in [0.2, 0.25) is 5.91 Å². The number of ether oxygens (including phenoxy) is 1. The third-order valence-corrected chi connectivity index (χ3v) is 6.41. The van der Waals surface area contributed by atoms with Crippen molar-refractivity contribution in [2.45, 2.75) is 38.3 Å².